The fourth-order valence-electron chi connectivity index (χ4n) is 1.27. The van der Waals surface area contributed by atoms with Crippen LogP contribution in [-0.4, -0.2) is 5.78 Å². The topological polar surface area (TPSA) is 47.3 Å². The van der Waals surface area contributed by atoms with Crippen LogP contribution in [0.15, 0.2) is 21.5 Å². The molecule has 0 saturated heterocycles. The van der Waals surface area contributed by atoms with E-state index in [1.165, 1.54) is 12.3 Å². The van der Waals surface area contributed by atoms with E-state index in [0.29, 0.717) is 18.4 Å². The molecule has 0 unspecified atom stereocenters. The molecule has 0 spiro atoms. The van der Waals surface area contributed by atoms with Crippen LogP contribution < -0.4 is 5.43 Å². The quantitative estimate of drug-likeness (QED) is 0.548. The highest BCUT2D eigenvalue weighted by atomic mass is 16.3. The first kappa shape index (κ1) is 6.34. The molecular weight excluding hydrogens is 144 g/mol. The van der Waals surface area contributed by atoms with Gasteiger partial charge in [-0.15, -0.1) is 0 Å². The van der Waals surface area contributed by atoms with E-state index in [0.717, 1.165) is 0 Å². The molecule has 1 aromatic rings. The second kappa shape index (κ2) is 2.05. The van der Waals surface area contributed by atoms with Crippen molar-refractivity contribution < 1.29 is 9.21 Å². The molecule has 1 heterocycles. The van der Waals surface area contributed by atoms with Crippen molar-refractivity contribution in [3.8, 4) is 0 Å². The van der Waals surface area contributed by atoms with Gasteiger partial charge in [0.25, 0.3) is 0 Å². The van der Waals surface area contributed by atoms with Crippen molar-refractivity contribution >= 4 is 5.78 Å². The molecule has 0 saturated carbocycles. The molecule has 56 valence electrons. The molecule has 0 fully saturated rings. The third-order valence-corrected chi connectivity index (χ3v) is 1.83. The average molecular weight is 150 g/mol. The Balaban J connectivity index is 2.76. The summed E-state index contributed by atoms with van der Waals surface area (Å²) < 4.78 is 4.91. The second-order valence-electron chi connectivity index (χ2n) is 2.52. The molecular formula is C8H6O3. The predicted octanol–water partition coefficient (Wildman–Crippen LogP) is 0.769. The number of rotatable bonds is 0. The molecule has 0 radical (unpaired) electrons. The largest absolute Gasteiger partial charge is 0.461 e. The van der Waals surface area contributed by atoms with Crippen LogP contribution in [0.5, 0.6) is 0 Å². The van der Waals surface area contributed by atoms with E-state index in [1.807, 2.05) is 0 Å². The number of carbonyl (C=O) groups is 1. The lowest BCUT2D eigenvalue weighted by Crippen LogP contribution is -2.05. The molecule has 0 N–H and O–H groups in total. The molecule has 3 nitrogen and oxygen atoms in total. The first-order chi connectivity index (χ1) is 5.29. The van der Waals surface area contributed by atoms with Crippen molar-refractivity contribution in [2.75, 3.05) is 0 Å². The molecule has 0 aromatic carbocycles. The summed E-state index contributed by atoms with van der Waals surface area (Å²) in [5, 5.41) is 0. The molecule has 1 aromatic heterocycles. The third-order valence-electron chi connectivity index (χ3n) is 1.83. The molecule has 3 heteroatoms. The Kier molecular flexibility index (Phi) is 1.18. The van der Waals surface area contributed by atoms with Gasteiger partial charge in [-0.3, -0.25) is 9.59 Å². The van der Waals surface area contributed by atoms with Gasteiger partial charge in [0.2, 0.25) is 0 Å². The van der Waals surface area contributed by atoms with Gasteiger partial charge < -0.3 is 4.42 Å². The first-order valence-electron chi connectivity index (χ1n) is 3.43. The smallest absolute Gasteiger partial charge is 0.198 e. The summed E-state index contributed by atoms with van der Waals surface area (Å²) in [6.45, 7) is 0. The van der Waals surface area contributed by atoms with E-state index in [9.17, 15) is 9.59 Å². The lowest BCUT2D eigenvalue weighted by molar-refractivity contribution is 0.0969. The molecule has 0 amide bonds. The van der Waals surface area contributed by atoms with E-state index in [-0.39, 0.29) is 17.0 Å². The predicted molar refractivity (Wildman–Crippen MR) is 37.6 cm³/mol. The molecule has 0 aliphatic heterocycles. The molecule has 1 aliphatic carbocycles. The average Bonchev–Trinajstić information content (AvgIpc) is 2.35. The highest BCUT2D eigenvalue weighted by Gasteiger charge is 2.23. The Hall–Kier alpha value is -1.38. The molecule has 0 atom stereocenters. The van der Waals surface area contributed by atoms with E-state index < -0.39 is 0 Å². The van der Waals surface area contributed by atoms with Crippen LogP contribution in [0.25, 0.3) is 0 Å². The Labute approximate surface area is 62.6 Å². The summed E-state index contributed by atoms with van der Waals surface area (Å²) in [6.07, 6.45) is 2.22. The van der Waals surface area contributed by atoms with Crippen molar-refractivity contribution in [1.29, 1.82) is 0 Å². The van der Waals surface area contributed by atoms with E-state index in [4.69, 9.17) is 4.42 Å². The minimum Gasteiger partial charge on any atom is -0.461 e. The standard InChI is InChI=1S/C8H6O3/c9-6-3-4-11-8-5(6)1-2-7(8)10/h3-4H,1-2H2. The van der Waals surface area contributed by atoms with Crippen molar-refractivity contribution in [3.63, 3.8) is 0 Å². The van der Waals surface area contributed by atoms with Gasteiger partial charge in [0.15, 0.2) is 17.0 Å². The maximum atomic E-state index is 11.0. The summed E-state index contributed by atoms with van der Waals surface area (Å²) in [4.78, 5) is 22.0. The summed E-state index contributed by atoms with van der Waals surface area (Å²) in [6, 6.07) is 1.34. The maximum absolute atomic E-state index is 11.0. The van der Waals surface area contributed by atoms with Gasteiger partial charge in [-0.25, -0.2) is 0 Å². The number of hydrogen-bond acceptors (Lipinski definition) is 3. The summed E-state index contributed by atoms with van der Waals surface area (Å²) in [5.74, 6) is 0.204. The number of ketones is 1. The normalized spacial score (nSPS) is 15.1. The van der Waals surface area contributed by atoms with Gasteiger partial charge in [0, 0.05) is 18.1 Å². The Morgan fingerprint density at radius 1 is 1.27 bits per heavy atom. The van der Waals surface area contributed by atoms with Crippen LogP contribution >= 0.6 is 0 Å². The minimum atomic E-state index is -0.0860. The Morgan fingerprint density at radius 2 is 2.09 bits per heavy atom. The highest BCUT2D eigenvalue weighted by molar-refractivity contribution is 5.97. The number of carbonyl (C=O) groups excluding carboxylic acids is 1. The Bertz CT molecular complexity index is 362. The van der Waals surface area contributed by atoms with Gasteiger partial charge in [-0.05, 0) is 6.42 Å². The molecule has 2 rings (SSSR count). The van der Waals surface area contributed by atoms with Crippen LogP contribution in [0.4, 0.5) is 0 Å². The summed E-state index contributed by atoms with van der Waals surface area (Å²) in [5.41, 5.74) is 0.453. The number of fused-ring (bicyclic) bond motifs is 1. The van der Waals surface area contributed by atoms with Gasteiger partial charge in [-0.1, -0.05) is 0 Å². The second-order valence-corrected chi connectivity index (χ2v) is 2.52. The van der Waals surface area contributed by atoms with Gasteiger partial charge >= 0.3 is 0 Å². The zero-order valence-electron chi connectivity index (χ0n) is 5.79. The zero-order chi connectivity index (χ0) is 7.84. The monoisotopic (exact) mass is 150 g/mol. The van der Waals surface area contributed by atoms with E-state index in [1.54, 1.807) is 0 Å². The maximum Gasteiger partial charge on any atom is 0.198 e. The molecule has 1 aliphatic rings. The SMILES string of the molecule is O=C1CCc2c1occc2=O. The third kappa shape index (κ3) is 0.808. The van der Waals surface area contributed by atoms with Gasteiger partial charge in [0.1, 0.15) is 0 Å². The van der Waals surface area contributed by atoms with Crippen LogP contribution in [0, 0.1) is 0 Å². The van der Waals surface area contributed by atoms with Crippen molar-refractivity contribution in [1.82, 2.24) is 0 Å². The van der Waals surface area contributed by atoms with E-state index in [2.05, 4.69) is 0 Å². The molecule has 11 heavy (non-hydrogen) atoms. The molecule has 0 bridgehead atoms. The van der Waals surface area contributed by atoms with Crippen LogP contribution in [-0.2, 0) is 6.42 Å². The van der Waals surface area contributed by atoms with E-state index >= 15 is 0 Å². The summed E-state index contributed by atoms with van der Waals surface area (Å²) in [7, 11) is 0. The van der Waals surface area contributed by atoms with Crippen molar-refractivity contribution in [3.05, 3.63) is 33.9 Å². The minimum absolute atomic E-state index is 0.0577. The fraction of sp³-hybridized carbons (Fsp3) is 0.250. The lowest BCUT2D eigenvalue weighted by Gasteiger charge is -1.91. The van der Waals surface area contributed by atoms with Crippen LogP contribution in [0.2, 0.25) is 0 Å². The lowest BCUT2D eigenvalue weighted by atomic mass is 10.2. The number of Topliss-reactive ketones (excluding diaryl/α,β-unsaturated/α-hetero) is 1. The number of hydrogen-bond donors (Lipinski definition) is 0. The van der Waals surface area contributed by atoms with Crippen LogP contribution in [0.1, 0.15) is 22.5 Å². The van der Waals surface area contributed by atoms with Crippen molar-refractivity contribution in [2.24, 2.45) is 0 Å². The van der Waals surface area contributed by atoms with Crippen molar-refractivity contribution in [2.45, 2.75) is 12.8 Å². The zero-order valence-corrected chi connectivity index (χ0v) is 5.79. The van der Waals surface area contributed by atoms with Gasteiger partial charge in [0.05, 0.1) is 6.26 Å². The highest BCUT2D eigenvalue weighted by Crippen LogP contribution is 2.17. The Morgan fingerprint density at radius 3 is 2.82 bits per heavy atom. The van der Waals surface area contributed by atoms with Gasteiger partial charge in [-0.2, -0.15) is 0 Å². The summed E-state index contributed by atoms with van der Waals surface area (Å²) >= 11 is 0. The first-order valence-corrected chi connectivity index (χ1v) is 3.43. The van der Waals surface area contributed by atoms with Crippen LogP contribution in [0.3, 0.4) is 0 Å². The fourth-order valence-corrected chi connectivity index (χ4v) is 1.27.